The summed E-state index contributed by atoms with van der Waals surface area (Å²) < 4.78 is 25.9. The topological polar surface area (TPSA) is 59.1 Å². The Kier molecular flexibility index (Phi) is 3.63. The van der Waals surface area contributed by atoms with Gasteiger partial charge >= 0.3 is 0 Å². The van der Waals surface area contributed by atoms with Gasteiger partial charge in [0, 0.05) is 10.7 Å². The van der Waals surface area contributed by atoms with Crippen LogP contribution in [0, 0.1) is 0 Å². The molecule has 1 aromatic heterocycles. The van der Waals surface area contributed by atoms with Gasteiger partial charge < -0.3 is 0 Å². The van der Waals surface area contributed by atoms with Crippen molar-refractivity contribution in [2.75, 3.05) is 7.05 Å². The van der Waals surface area contributed by atoms with E-state index in [1.54, 1.807) is 25.3 Å². The van der Waals surface area contributed by atoms with Gasteiger partial charge in [0.25, 0.3) is 0 Å². The lowest BCUT2D eigenvalue weighted by molar-refractivity contribution is 0.576. The van der Waals surface area contributed by atoms with Gasteiger partial charge in [-0.3, -0.25) is 4.98 Å². The third-order valence-corrected chi connectivity index (χ3v) is 4.13. The van der Waals surface area contributed by atoms with Gasteiger partial charge in [0.05, 0.1) is 5.69 Å². The van der Waals surface area contributed by atoms with E-state index in [0.717, 1.165) is 4.47 Å². The number of rotatable bonds is 3. The summed E-state index contributed by atoms with van der Waals surface area (Å²) in [6.45, 7) is 1.60. The highest BCUT2D eigenvalue weighted by Gasteiger charge is 2.21. The van der Waals surface area contributed by atoms with Crippen molar-refractivity contribution in [3.05, 3.63) is 28.5 Å². The van der Waals surface area contributed by atoms with Gasteiger partial charge in [0.1, 0.15) is 5.25 Å². The third-order valence-electron chi connectivity index (χ3n) is 1.92. The van der Waals surface area contributed by atoms with Crippen molar-refractivity contribution in [2.45, 2.75) is 12.2 Å². The van der Waals surface area contributed by atoms with E-state index in [9.17, 15) is 8.42 Å². The Morgan fingerprint density at radius 1 is 1.50 bits per heavy atom. The van der Waals surface area contributed by atoms with E-state index in [1.807, 2.05) is 0 Å². The highest BCUT2D eigenvalue weighted by atomic mass is 79.9. The lowest BCUT2D eigenvalue weighted by atomic mass is 10.3. The van der Waals surface area contributed by atoms with Crippen molar-refractivity contribution in [1.82, 2.24) is 9.71 Å². The Morgan fingerprint density at radius 3 is 2.57 bits per heavy atom. The molecule has 0 aliphatic rings. The monoisotopic (exact) mass is 278 g/mol. The van der Waals surface area contributed by atoms with Crippen LogP contribution in [0.5, 0.6) is 0 Å². The van der Waals surface area contributed by atoms with Gasteiger partial charge in [-0.25, -0.2) is 13.1 Å². The van der Waals surface area contributed by atoms with Crippen LogP contribution in [0.3, 0.4) is 0 Å². The van der Waals surface area contributed by atoms with Crippen LogP contribution in [-0.4, -0.2) is 20.4 Å². The van der Waals surface area contributed by atoms with Crippen LogP contribution in [0.2, 0.25) is 0 Å². The summed E-state index contributed by atoms with van der Waals surface area (Å²) in [7, 11) is -1.90. The second kappa shape index (κ2) is 4.37. The average Bonchev–Trinajstić information content (AvgIpc) is 2.18. The number of hydrogen-bond donors (Lipinski definition) is 1. The summed E-state index contributed by atoms with van der Waals surface area (Å²) in [6.07, 6.45) is 1.58. The predicted molar refractivity (Wildman–Crippen MR) is 58.3 cm³/mol. The van der Waals surface area contributed by atoms with Gasteiger partial charge in [-0.05, 0) is 42.0 Å². The molecule has 0 saturated carbocycles. The summed E-state index contributed by atoms with van der Waals surface area (Å²) in [4.78, 5) is 4.03. The fraction of sp³-hybridized carbons (Fsp3) is 0.375. The van der Waals surface area contributed by atoms with E-state index < -0.39 is 15.3 Å². The van der Waals surface area contributed by atoms with Crippen LogP contribution in [0.25, 0.3) is 0 Å². The molecule has 0 radical (unpaired) electrons. The molecule has 1 unspecified atom stereocenters. The van der Waals surface area contributed by atoms with E-state index in [4.69, 9.17) is 0 Å². The summed E-state index contributed by atoms with van der Waals surface area (Å²) in [5.41, 5.74) is 0.530. The highest BCUT2D eigenvalue weighted by molar-refractivity contribution is 9.10. The Balaban J connectivity index is 3.01. The van der Waals surface area contributed by atoms with Gasteiger partial charge in [-0.15, -0.1) is 0 Å². The molecule has 1 aromatic rings. The average molecular weight is 279 g/mol. The Labute approximate surface area is 91.9 Å². The first-order valence-electron chi connectivity index (χ1n) is 4.01. The minimum atomic E-state index is -3.29. The van der Waals surface area contributed by atoms with E-state index >= 15 is 0 Å². The Morgan fingerprint density at radius 2 is 2.14 bits per heavy atom. The molecule has 4 nitrogen and oxygen atoms in total. The normalized spacial score (nSPS) is 13.9. The fourth-order valence-electron chi connectivity index (χ4n) is 0.963. The minimum absolute atomic E-state index is 0.530. The standard InChI is InChI=1S/C8H11BrN2O2S/c1-6(14(12,13)10-2)8-4-3-7(9)5-11-8/h3-6,10H,1-2H3. The van der Waals surface area contributed by atoms with Gasteiger partial charge in [0.15, 0.2) is 0 Å². The summed E-state index contributed by atoms with van der Waals surface area (Å²) in [5, 5.41) is -0.638. The first kappa shape index (κ1) is 11.6. The Hall–Kier alpha value is -0.460. The molecule has 0 aliphatic heterocycles. The molecule has 0 spiro atoms. The zero-order valence-corrected chi connectivity index (χ0v) is 10.3. The number of nitrogens with zero attached hydrogens (tertiary/aromatic N) is 1. The first-order chi connectivity index (χ1) is 6.47. The van der Waals surface area contributed by atoms with Crippen molar-refractivity contribution in [3.8, 4) is 0 Å². The van der Waals surface area contributed by atoms with Crippen molar-refractivity contribution >= 4 is 26.0 Å². The van der Waals surface area contributed by atoms with Crippen LogP contribution in [0.15, 0.2) is 22.8 Å². The maximum absolute atomic E-state index is 11.4. The lowest BCUT2D eigenvalue weighted by Crippen LogP contribution is -2.24. The molecule has 0 saturated heterocycles. The van der Waals surface area contributed by atoms with Crippen molar-refractivity contribution in [2.24, 2.45) is 0 Å². The molecule has 1 atom stereocenters. The molecule has 6 heteroatoms. The summed E-state index contributed by atoms with van der Waals surface area (Å²) in [5.74, 6) is 0. The van der Waals surface area contributed by atoms with E-state index in [-0.39, 0.29) is 0 Å². The molecule has 1 heterocycles. The second-order valence-electron chi connectivity index (χ2n) is 2.79. The first-order valence-corrected chi connectivity index (χ1v) is 6.35. The third kappa shape index (κ3) is 2.52. The minimum Gasteiger partial charge on any atom is -0.259 e. The maximum atomic E-state index is 11.4. The second-order valence-corrected chi connectivity index (χ2v) is 5.91. The molecule has 0 amide bonds. The molecule has 78 valence electrons. The van der Waals surface area contributed by atoms with Gasteiger partial charge in [0.2, 0.25) is 10.0 Å². The molecule has 1 N–H and O–H groups in total. The molecule has 0 aromatic carbocycles. The molecule has 0 fully saturated rings. The number of aromatic nitrogens is 1. The van der Waals surface area contributed by atoms with E-state index in [0.29, 0.717) is 5.69 Å². The van der Waals surface area contributed by atoms with Gasteiger partial charge in [-0.1, -0.05) is 0 Å². The van der Waals surface area contributed by atoms with Crippen LogP contribution < -0.4 is 4.72 Å². The molecule has 1 rings (SSSR count). The van der Waals surface area contributed by atoms with Crippen molar-refractivity contribution in [1.29, 1.82) is 0 Å². The van der Waals surface area contributed by atoms with Crippen molar-refractivity contribution < 1.29 is 8.42 Å². The zero-order valence-electron chi connectivity index (χ0n) is 7.86. The number of halogens is 1. The van der Waals surface area contributed by atoms with Crippen LogP contribution in [0.1, 0.15) is 17.9 Å². The SMILES string of the molecule is CNS(=O)(=O)C(C)c1ccc(Br)cn1. The number of pyridine rings is 1. The largest absolute Gasteiger partial charge is 0.259 e. The molecule has 0 bridgehead atoms. The van der Waals surface area contributed by atoms with Crippen molar-refractivity contribution in [3.63, 3.8) is 0 Å². The maximum Gasteiger partial charge on any atom is 0.219 e. The van der Waals surface area contributed by atoms with Gasteiger partial charge in [-0.2, -0.15) is 0 Å². The summed E-state index contributed by atoms with van der Waals surface area (Å²) >= 11 is 3.23. The van der Waals surface area contributed by atoms with Crippen LogP contribution >= 0.6 is 15.9 Å². The number of nitrogens with one attached hydrogen (secondary N) is 1. The highest BCUT2D eigenvalue weighted by Crippen LogP contribution is 2.19. The molecule has 14 heavy (non-hydrogen) atoms. The predicted octanol–water partition coefficient (Wildman–Crippen LogP) is 1.45. The zero-order chi connectivity index (χ0) is 10.8. The lowest BCUT2D eigenvalue weighted by Gasteiger charge is -2.10. The summed E-state index contributed by atoms with van der Waals surface area (Å²) in [6, 6.07) is 3.45. The quantitative estimate of drug-likeness (QED) is 0.911. The van der Waals surface area contributed by atoms with E-state index in [1.165, 1.54) is 7.05 Å². The fourth-order valence-corrected chi connectivity index (χ4v) is 2.01. The smallest absolute Gasteiger partial charge is 0.219 e. The number of hydrogen-bond acceptors (Lipinski definition) is 3. The molecular formula is C8H11BrN2O2S. The molecule has 0 aliphatic carbocycles. The van der Waals surface area contributed by atoms with E-state index in [2.05, 4.69) is 25.6 Å². The van der Waals surface area contributed by atoms with Crippen LogP contribution in [-0.2, 0) is 10.0 Å². The number of sulfonamides is 1. The van der Waals surface area contributed by atoms with Crippen LogP contribution in [0.4, 0.5) is 0 Å². The molecular weight excluding hydrogens is 268 g/mol. The Bertz CT molecular complexity index is 402.